The van der Waals surface area contributed by atoms with Crippen molar-refractivity contribution in [3.63, 3.8) is 0 Å². The summed E-state index contributed by atoms with van der Waals surface area (Å²) in [7, 11) is 0. The minimum absolute atomic E-state index is 0.00565. The maximum absolute atomic E-state index is 14.0. The molecule has 1 atom stereocenters. The van der Waals surface area contributed by atoms with Crippen molar-refractivity contribution in [2.24, 2.45) is 0 Å². The van der Waals surface area contributed by atoms with Gasteiger partial charge in [0.15, 0.2) is 0 Å². The highest BCUT2D eigenvalue weighted by molar-refractivity contribution is 5.68. The lowest BCUT2D eigenvalue weighted by Crippen LogP contribution is -2.17. The van der Waals surface area contributed by atoms with Gasteiger partial charge in [0.1, 0.15) is 23.2 Å². The number of benzene rings is 2. The highest BCUT2D eigenvalue weighted by Gasteiger charge is 2.31. The molecule has 0 amide bonds. The summed E-state index contributed by atoms with van der Waals surface area (Å²) >= 11 is 0. The zero-order valence-electron chi connectivity index (χ0n) is 16.6. The lowest BCUT2D eigenvalue weighted by atomic mass is 10.1. The Morgan fingerprint density at radius 1 is 1.03 bits per heavy atom. The van der Waals surface area contributed by atoms with E-state index in [2.05, 4.69) is 25.3 Å². The van der Waals surface area contributed by atoms with Crippen LogP contribution in [0.4, 0.5) is 39.4 Å². The molecule has 0 spiro atoms. The van der Waals surface area contributed by atoms with Crippen LogP contribution in [0.2, 0.25) is 0 Å². The molecule has 0 radical (unpaired) electrons. The minimum atomic E-state index is -4.84. The Bertz CT molecular complexity index is 1060. The first kappa shape index (κ1) is 22.3. The Labute approximate surface area is 175 Å². The average Bonchev–Trinajstić information content (AvgIpc) is 2.69. The number of hydrogen-bond donors (Lipinski definition) is 2. The summed E-state index contributed by atoms with van der Waals surface area (Å²) in [5, 5.41) is 5.76. The van der Waals surface area contributed by atoms with E-state index in [1.165, 1.54) is 18.2 Å². The summed E-state index contributed by atoms with van der Waals surface area (Å²) in [4.78, 5) is 8.60. The van der Waals surface area contributed by atoms with Gasteiger partial charge in [0, 0.05) is 23.7 Å². The first-order valence-electron chi connectivity index (χ1n) is 9.37. The van der Waals surface area contributed by atoms with Crippen molar-refractivity contribution in [2.45, 2.75) is 32.7 Å². The summed E-state index contributed by atoms with van der Waals surface area (Å²) in [6.45, 7) is 3.84. The second-order valence-corrected chi connectivity index (χ2v) is 6.74. The molecule has 0 aliphatic heterocycles. The molecular formula is C21H19F5N4O. The molecule has 0 aliphatic carbocycles. The number of nitrogens with zero attached hydrogens (tertiary/aromatic N) is 2. The average molecular weight is 438 g/mol. The van der Waals surface area contributed by atoms with E-state index in [0.717, 1.165) is 30.7 Å². The lowest BCUT2D eigenvalue weighted by Gasteiger charge is -2.15. The fraction of sp³-hybridized carbons (Fsp3) is 0.238. The van der Waals surface area contributed by atoms with E-state index in [0.29, 0.717) is 5.56 Å². The Morgan fingerprint density at radius 3 is 2.52 bits per heavy atom. The maximum Gasteiger partial charge on any atom is 0.573 e. The largest absolute Gasteiger partial charge is 0.573 e. The van der Waals surface area contributed by atoms with Gasteiger partial charge in [-0.2, -0.15) is 4.98 Å². The number of alkyl halides is 3. The van der Waals surface area contributed by atoms with Crippen molar-refractivity contribution in [3.8, 4) is 17.0 Å². The maximum atomic E-state index is 14.0. The van der Waals surface area contributed by atoms with E-state index >= 15 is 0 Å². The molecule has 0 unspecified atom stereocenters. The second kappa shape index (κ2) is 9.15. The van der Waals surface area contributed by atoms with Gasteiger partial charge in [-0.25, -0.2) is 13.8 Å². The Balaban J connectivity index is 2.01. The molecule has 2 N–H and O–H groups in total. The van der Waals surface area contributed by atoms with Crippen LogP contribution in [0, 0.1) is 11.6 Å². The Hall–Kier alpha value is -3.43. The normalized spacial score (nSPS) is 12.4. The van der Waals surface area contributed by atoms with E-state index in [9.17, 15) is 22.0 Å². The number of halogens is 5. The van der Waals surface area contributed by atoms with Gasteiger partial charge in [0.05, 0.1) is 11.4 Å². The highest BCUT2D eigenvalue weighted by Crippen LogP contribution is 2.30. The van der Waals surface area contributed by atoms with Gasteiger partial charge in [-0.1, -0.05) is 19.1 Å². The van der Waals surface area contributed by atoms with Crippen LogP contribution >= 0.6 is 0 Å². The van der Waals surface area contributed by atoms with Crippen LogP contribution in [-0.4, -0.2) is 22.4 Å². The van der Waals surface area contributed by atoms with Crippen LogP contribution in [0.5, 0.6) is 5.75 Å². The molecule has 0 saturated carbocycles. The SMILES string of the molecule is CC[C@@H](C)Nc1nc(Nc2cc(F)ccc2F)cc(-c2cccc(OC(F)(F)F)c2)n1. The number of hydrogen-bond acceptors (Lipinski definition) is 5. The molecule has 10 heteroatoms. The van der Waals surface area contributed by atoms with Crippen molar-refractivity contribution >= 4 is 17.5 Å². The molecule has 0 fully saturated rings. The number of nitrogens with one attached hydrogen (secondary N) is 2. The van der Waals surface area contributed by atoms with Crippen molar-refractivity contribution in [1.82, 2.24) is 9.97 Å². The zero-order valence-corrected chi connectivity index (χ0v) is 16.6. The van der Waals surface area contributed by atoms with Gasteiger partial charge in [-0.05, 0) is 37.6 Å². The molecule has 1 aromatic heterocycles. The van der Waals surface area contributed by atoms with E-state index in [1.807, 2.05) is 13.8 Å². The third kappa shape index (κ3) is 6.27. The molecule has 31 heavy (non-hydrogen) atoms. The topological polar surface area (TPSA) is 59.1 Å². The molecule has 5 nitrogen and oxygen atoms in total. The van der Waals surface area contributed by atoms with E-state index in [-0.39, 0.29) is 29.2 Å². The summed E-state index contributed by atoms with van der Waals surface area (Å²) in [5.41, 5.74) is 0.431. The smallest absolute Gasteiger partial charge is 0.406 e. The number of ether oxygens (including phenoxy) is 1. The first-order valence-corrected chi connectivity index (χ1v) is 9.37. The van der Waals surface area contributed by atoms with Crippen LogP contribution in [-0.2, 0) is 0 Å². The summed E-state index contributed by atoms with van der Waals surface area (Å²) < 4.78 is 69.2. The Morgan fingerprint density at radius 2 is 1.81 bits per heavy atom. The molecule has 0 saturated heterocycles. The predicted molar refractivity (Wildman–Crippen MR) is 107 cm³/mol. The van der Waals surface area contributed by atoms with E-state index in [4.69, 9.17) is 0 Å². The van der Waals surface area contributed by atoms with Crippen molar-refractivity contribution in [1.29, 1.82) is 0 Å². The zero-order chi connectivity index (χ0) is 22.6. The van der Waals surface area contributed by atoms with Gasteiger partial charge in [-0.15, -0.1) is 13.2 Å². The summed E-state index contributed by atoms with van der Waals surface area (Å²) in [6, 6.07) is 9.60. The predicted octanol–water partition coefficient (Wildman–Crippen LogP) is 6.27. The van der Waals surface area contributed by atoms with E-state index in [1.54, 1.807) is 6.07 Å². The molecular weight excluding hydrogens is 419 g/mol. The van der Waals surface area contributed by atoms with Crippen LogP contribution in [0.15, 0.2) is 48.5 Å². The number of aromatic nitrogens is 2. The van der Waals surface area contributed by atoms with Gasteiger partial charge >= 0.3 is 6.36 Å². The molecule has 3 rings (SSSR count). The number of anilines is 3. The standard InChI is InChI=1S/C21H19F5N4O/c1-3-12(2)27-20-29-17(13-5-4-6-15(9-13)31-21(24,25)26)11-19(30-20)28-18-10-14(22)7-8-16(18)23/h4-12H,3H2,1-2H3,(H2,27,28,29,30)/t12-/m1/s1. The quantitative estimate of drug-likeness (QED) is 0.426. The van der Waals surface area contributed by atoms with Crippen LogP contribution < -0.4 is 15.4 Å². The fourth-order valence-corrected chi connectivity index (χ4v) is 2.63. The van der Waals surface area contributed by atoms with Crippen LogP contribution in [0.3, 0.4) is 0 Å². The highest BCUT2D eigenvalue weighted by atomic mass is 19.4. The lowest BCUT2D eigenvalue weighted by molar-refractivity contribution is -0.274. The summed E-state index contributed by atoms with van der Waals surface area (Å²) in [6.07, 6.45) is -4.08. The Kier molecular flexibility index (Phi) is 6.57. The minimum Gasteiger partial charge on any atom is -0.406 e. The molecule has 2 aromatic carbocycles. The van der Waals surface area contributed by atoms with E-state index < -0.39 is 23.7 Å². The second-order valence-electron chi connectivity index (χ2n) is 6.74. The van der Waals surface area contributed by atoms with Gasteiger partial charge < -0.3 is 15.4 Å². The monoisotopic (exact) mass is 438 g/mol. The van der Waals surface area contributed by atoms with Crippen molar-refractivity contribution in [2.75, 3.05) is 10.6 Å². The van der Waals surface area contributed by atoms with Gasteiger partial charge in [0.2, 0.25) is 5.95 Å². The molecule has 1 heterocycles. The molecule has 0 aliphatic rings. The van der Waals surface area contributed by atoms with Crippen LogP contribution in [0.25, 0.3) is 11.3 Å². The van der Waals surface area contributed by atoms with Crippen molar-refractivity contribution in [3.05, 3.63) is 60.2 Å². The number of rotatable bonds is 7. The third-order valence-corrected chi connectivity index (χ3v) is 4.27. The summed E-state index contributed by atoms with van der Waals surface area (Å²) in [5.74, 6) is -1.45. The fourth-order valence-electron chi connectivity index (χ4n) is 2.63. The van der Waals surface area contributed by atoms with Crippen molar-refractivity contribution < 1.29 is 26.7 Å². The van der Waals surface area contributed by atoms with Gasteiger partial charge in [-0.3, -0.25) is 0 Å². The van der Waals surface area contributed by atoms with Gasteiger partial charge in [0.25, 0.3) is 0 Å². The first-order chi connectivity index (χ1) is 14.6. The molecule has 0 bridgehead atoms. The molecule has 3 aromatic rings. The molecule has 164 valence electrons. The third-order valence-electron chi connectivity index (χ3n) is 4.27. The van der Waals surface area contributed by atoms with Crippen LogP contribution in [0.1, 0.15) is 20.3 Å².